The normalized spacial score (nSPS) is 17.7. The van der Waals surface area contributed by atoms with E-state index in [0.29, 0.717) is 0 Å². The average molecular weight is 304 g/mol. The van der Waals surface area contributed by atoms with Gasteiger partial charge in [0.2, 0.25) is 0 Å². The Morgan fingerprint density at radius 2 is 1.91 bits per heavy atom. The van der Waals surface area contributed by atoms with Gasteiger partial charge < -0.3 is 10.1 Å². The molecule has 0 saturated carbocycles. The Labute approximate surface area is 136 Å². The molecular formula is C20H20N2O. The van der Waals surface area contributed by atoms with Crippen LogP contribution in [0.3, 0.4) is 0 Å². The van der Waals surface area contributed by atoms with Gasteiger partial charge in [0.15, 0.2) is 0 Å². The van der Waals surface area contributed by atoms with Crippen LogP contribution in [0.1, 0.15) is 24.2 Å². The van der Waals surface area contributed by atoms with Crippen LogP contribution in [0, 0.1) is 0 Å². The van der Waals surface area contributed by atoms with Gasteiger partial charge in [0.25, 0.3) is 0 Å². The maximum Gasteiger partial charge on any atom is 0.123 e. The first-order chi connectivity index (χ1) is 11.3. The molecule has 1 aliphatic rings. The molecule has 0 saturated heterocycles. The average Bonchev–Trinajstić information content (AvgIpc) is 3.02. The van der Waals surface area contributed by atoms with Gasteiger partial charge in [0.1, 0.15) is 11.9 Å². The molecule has 0 spiro atoms. The minimum absolute atomic E-state index is 0.201. The number of rotatable bonds is 4. The molecule has 3 nitrogen and oxygen atoms in total. The van der Waals surface area contributed by atoms with E-state index in [-0.39, 0.29) is 12.1 Å². The zero-order valence-corrected chi connectivity index (χ0v) is 13.2. The second-order valence-electron chi connectivity index (χ2n) is 6.11. The van der Waals surface area contributed by atoms with Gasteiger partial charge in [0, 0.05) is 24.4 Å². The van der Waals surface area contributed by atoms with E-state index in [1.807, 2.05) is 24.3 Å². The SMILES string of the molecule is C[C@@H](NC[C@@H]1Cc2ccccc2O1)c1ccc2ccccc2n1. The van der Waals surface area contributed by atoms with Gasteiger partial charge in [-0.3, -0.25) is 4.98 Å². The van der Waals surface area contributed by atoms with Gasteiger partial charge in [-0.05, 0) is 30.7 Å². The third-order valence-electron chi connectivity index (χ3n) is 4.43. The van der Waals surface area contributed by atoms with Gasteiger partial charge in [-0.1, -0.05) is 42.5 Å². The minimum Gasteiger partial charge on any atom is -0.488 e. The lowest BCUT2D eigenvalue weighted by atomic mass is 10.1. The summed E-state index contributed by atoms with van der Waals surface area (Å²) in [4.78, 5) is 4.76. The van der Waals surface area contributed by atoms with E-state index in [1.54, 1.807) is 0 Å². The molecule has 3 heteroatoms. The van der Waals surface area contributed by atoms with Crippen molar-refractivity contribution >= 4 is 10.9 Å². The van der Waals surface area contributed by atoms with Crippen molar-refractivity contribution in [1.82, 2.24) is 10.3 Å². The Hall–Kier alpha value is -2.39. The number of hydrogen-bond acceptors (Lipinski definition) is 3. The van der Waals surface area contributed by atoms with E-state index in [4.69, 9.17) is 9.72 Å². The molecule has 116 valence electrons. The zero-order chi connectivity index (χ0) is 15.6. The first kappa shape index (κ1) is 14.2. The number of benzene rings is 2. The van der Waals surface area contributed by atoms with Crippen LogP contribution in [0.4, 0.5) is 0 Å². The van der Waals surface area contributed by atoms with Crippen molar-refractivity contribution in [3.8, 4) is 5.75 Å². The van der Waals surface area contributed by atoms with Crippen molar-refractivity contribution in [2.45, 2.75) is 25.5 Å². The van der Waals surface area contributed by atoms with Crippen molar-refractivity contribution < 1.29 is 4.74 Å². The smallest absolute Gasteiger partial charge is 0.123 e. The summed E-state index contributed by atoms with van der Waals surface area (Å²) in [5, 5.41) is 4.73. The molecule has 0 unspecified atom stereocenters. The lowest BCUT2D eigenvalue weighted by molar-refractivity contribution is 0.222. The zero-order valence-electron chi connectivity index (χ0n) is 13.2. The molecular weight excluding hydrogens is 284 g/mol. The summed E-state index contributed by atoms with van der Waals surface area (Å²) in [5.41, 5.74) is 3.41. The molecule has 2 aromatic carbocycles. The molecule has 0 fully saturated rings. The standard InChI is InChI=1S/C20H20N2O/c1-14(18-11-10-15-6-2-4-8-19(15)22-18)21-13-17-12-16-7-3-5-9-20(16)23-17/h2-11,14,17,21H,12-13H2,1H3/t14-,17+/m1/s1. The van der Waals surface area contributed by atoms with Crippen LogP contribution < -0.4 is 10.1 Å². The number of aromatic nitrogens is 1. The van der Waals surface area contributed by atoms with E-state index in [0.717, 1.165) is 29.9 Å². The molecule has 0 bridgehead atoms. The molecule has 4 rings (SSSR count). The van der Waals surface area contributed by atoms with Crippen LogP contribution in [0.5, 0.6) is 5.75 Å². The summed E-state index contributed by atoms with van der Waals surface area (Å²) in [6.07, 6.45) is 1.18. The Morgan fingerprint density at radius 1 is 1.09 bits per heavy atom. The van der Waals surface area contributed by atoms with Crippen molar-refractivity contribution in [2.75, 3.05) is 6.54 Å². The molecule has 0 radical (unpaired) electrons. The van der Waals surface area contributed by atoms with Crippen LogP contribution in [-0.4, -0.2) is 17.6 Å². The minimum atomic E-state index is 0.201. The van der Waals surface area contributed by atoms with Gasteiger partial charge in [0.05, 0.1) is 11.2 Å². The number of ether oxygens (including phenoxy) is 1. The molecule has 0 aliphatic carbocycles. The van der Waals surface area contributed by atoms with Crippen LogP contribution in [-0.2, 0) is 6.42 Å². The molecule has 3 aromatic rings. The van der Waals surface area contributed by atoms with Gasteiger partial charge in [-0.15, -0.1) is 0 Å². The Balaban J connectivity index is 1.41. The molecule has 2 atom stereocenters. The van der Waals surface area contributed by atoms with Crippen LogP contribution in [0.2, 0.25) is 0 Å². The summed E-state index contributed by atoms with van der Waals surface area (Å²) >= 11 is 0. The lowest BCUT2D eigenvalue weighted by Crippen LogP contribution is -2.32. The van der Waals surface area contributed by atoms with Crippen LogP contribution in [0.15, 0.2) is 60.7 Å². The predicted molar refractivity (Wildman–Crippen MR) is 92.7 cm³/mol. The second-order valence-corrected chi connectivity index (χ2v) is 6.11. The van der Waals surface area contributed by atoms with Crippen LogP contribution >= 0.6 is 0 Å². The third-order valence-corrected chi connectivity index (χ3v) is 4.43. The number of para-hydroxylation sites is 2. The number of fused-ring (bicyclic) bond motifs is 2. The fraction of sp³-hybridized carbons (Fsp3) is 0.250. The summed E-state index contributed by atoms with van der Waals surface area (Å²) in [6, 6.07) is 20.9. The molecule has 0 amide bonds. The second kappa shape index (κ2) is 6.01. The van der Waals surface area contributed by atoms with E-state index >= 15 is 0 Å². The van der Waals surface area contributed by atoms with E-state index in [2.05, 4.69) is 48.6 Å². The topological polar surface area (TPSA) is 34.1 Å². The van der Waals surface area contributed by atoms with Gasteiger partial charge in [-0.2, -0.15) is 0 Å². The molecule has 23 heavy (non-hydrogen) atoms. The number of pyridine rings is 1. The van der Waals surface area contributed by atoms with Crippen molar-refractivity contribution in [3.05, 3.63) is 71.9 Å². The predicted octanol–water partition coefficient (Wildman–Crippen LogP) is 3.89. The molecule has 1 N–H and O–H groups in total. The Morgan fingerprint density at radius 3 is 2.83 bits per heavy atom. The quantitative estimate of drug-likeness (QED) is 0.794. The maximum atomic E-state index is 5.98. The fourth-order valence-corrected chi connectivity index (χ4v) is 3.10. The fourth-order valence-electron chi connectivity index (χ4n) is 3.10. The van der Waals surface area contributed by atoms with Crippen molar-refractivity contribution in [1.29, 1.82) is 0 Å². The van der Waals surface area contributed by atoms with E-state index < -0.39 is 0 Å². The number of nitrogens with zero attached hydrogens (tertiary/aromatic N) is 1. The first-order valence-electron chi connectivity index (χ1n) is 8.13. The highest BCUT2D eigenvalue weighted by molar-refractivity contribution is 5.78. The third kappa shape index (κ3) is 2.92. The number of nitrogens with one attached hydrogen (secondary N) is 1. The molecule has 1 aliphatic heterocycles. The van der Waals surface area contributed by atoms with Crippen molar-refractivity contribution in [2.24, 2.45) is 0 Å². The molecule has 2 heterocycles. The highest BCUT2D eigenvalue weighted by Crippen LogP contribution is 2.28. The summed E-state index contributed by atoms with van der Waals surface area (Å²) in [5.74, 6) is 1.02. The summed E-state index contributed by atoms with van der Waals surface area (Å²) in [6.45, 7) is 2.98. The monoisotopic (exact) mass is 304 g/mol. The first-order valence-corrected chi connectivity index (χ1v) is 8.13. The van der Waals surface area contributed by atoms with E-state index in [1.165, 1.54) is 10.9 Å². The Kier molecular flexibility index (Phi) is 3.72. The lowest BCUT2D eigenvalue weighted by Gasteiger charge is -2.17. The van der Waals surface area contributed by atoms with Crippen LogP contribution in [0.25, 0.3) is 10.9 Å². The highest BCUT2D eigenvalue weighted by atomic mass is 16.5. The highest BCUT2D eigenvalue weighted by Gasteiger charge is 2.22. The summed E-state index contributed by atoms with van der Waals surface area (Å²) in [7, 11) is 0. The van der Waals surface area contributed by atoms with Gasteiger partial charge in [-0.25, -0.2) is 0 Å². The van der Waals surface area contributed by atoms with Crippen molar-refractivity contribution in [3.63, 3.8) is 0 Å². The number of hydrogen-bond donors (Lipinski definition) is 1. The summed E-state index contributed by atoms with van der Waals surface area (Å²) < 4.78 is 5.98. The maximum absolute atomic E-state index is 5.98. The van der Waals surface area contributed by atoms with Gasteiger partial charge >= 0.3 is 0 Å². The Bertz CT molecular complexity index is 805. The molecule has 1 aromatic heterocycles. The van der Waals surface area contributed by atoms with E-state index in [9.17, 15) is 0 Å². The largest absolute Gasteiger partial charge is 0.488 e.